The van der Waals surface area contributed by atoms with Crippen molar-refractivity contribution in [2.45, 2.75) is 20.4 Å². The van der Waals surface area contributed by atoms with Crippen LogP contribution in [0.25, 0.3) is 20.4 Å². The van der Waals surface area contributed by atoms with Gasteiger partial charge in [0.2, 0.25) is 0 Å². The molecule has 2 aromatic carbocycles. The molecule has 0 unspecified atom stereocenters. The van der Waals surface area contributed by atoms with Gasteiger partial charge in [-0.2, -0.15) is 5.10 Å². The summed E-state index contributed by atoms with van der Waals surface area (Å²) in [5, 5.41) is 9.89. The van der Waals surface area contributed by atoms with Gasteiger partial charge in [0.25, 0.3) is 5.91 Å². The van der Waals surface area contributed by atoms with Gasteiger partial charge in [0, 0.05) is 10.4 Å². The summed E-state index contributed by atoms with van der Waals surface area (Å²) >= 11 is 9.23. The number of halogens is 1. The van der Waals surface area contributed by atoms with Crippen LogP contribution >= 0.6 is 34.3 Å². The molecule has 3 aromatic heterocycles. The van der Waals surface area contributed by atoms with E-state index in [0.29, 0.717) is 21.6 Å². The zero-order valence-electron chi connectivity index (χ0n) is 16.3. The molecule has 0 bridgehead atoms. The van der Waals surface area contributed by atoms with E-state index in [2.05, 4.69) is 15.4 Å². The number of amides is 1. The quantitative estimate of drug-likeness (QED) is 0.349. The van der Waals surface area contributed by atoms with Crippen LogP contribution in [0.15, 0.2) is 48.5 Å². The molecule has 3 heterocycles. The van der Waals surface area contributed by atoms with Gasteiger partial charge in [-0.25, -0.2) is 4.98 Å². The van der Waals surface area contributed by atoms with Gasteiger partial charge in [-0.05, 0) is 43.2 Å². The predicted octanol–water partition coefficient (Wildman–Crippen LogP) is 6.28. The Hall–Kier alpha value is -2.74. The van der Waals surface area contributed by atoms with Crippen LogP contribution in [0.2, 0.25) is 5.02 Å². The molecule has 30 heavy (non-hydrogen) atoms. The molecule has 1 N–H and O–H groups in total. The third-order valence-corrected chi connectivity index (χ3v) is 7.40. The van der Waals surface area contributed by atoms with Crippen molar-refractivity contribution in [3.05, 3.63) is 75.3 Å². The molecule has 0 fully saturated rings. The summed E-state index contributed by atoms with van der Waals surface area (Å²) in [6.07, 6.45) is 0. The highest BCUT2D eigenvalue weighted by Crippen LogP contribution is 2.32. The van der Waals surface area contributed by atoms with E-state index in [0.717, 1.165) is 37.3 Å². The molecule has 0 aliphatic carbocycles. The standard InChI is InChI=1S/C22H17ClN4OS2/c1-12-6-5-9-17-19(12)24-22(30-17)25-20(28)18-10-15-13(2)26-27(21(15)29-18)11-14-7-3-4-8-16(14)23/h3-10H,11H2,1-2H3,(H,24,25,28). The molecule has 0 aliphatic heterocycles. The number of thiazole rings is 1. The summed E-state index contributed by atoms with van der Waals surface area (Å²) in [5.74, 6) is -0.156. The first kappa shape index (κ1) is 19.2. The van der Waals surface area contributed by atoms with Crippen molar-refractivity contribution in [2.24, 2.45) is 0 Å². The van der Waals surface area contributed by atoms with Crippen LogP contribution in [-0.2, 0) is 6.54 Å². The first-order chi connectivity index (χ1) is 14.5. The van der Waals surface area contributed by atoms with Crippen molar-refractivity contribution in [3.63, 3.8) is 0 Å². The van der Waals surface area contributed by atoms with Crippen molar-refractivity contribution in [3.8, 4) is 0 Å². The van der Waals surface area contributed by atoms with Gasteiger partial charge in [0.1, 0.15) is 4.83 Å². The number of nitrogens with zero attached hydrogens (tertiary/aromatic N) is 3. The fourth-order valence-electron chi connectivity index (χ4n) is 3.42. The molecule has 5 aromatic rings. The SMILES string of the molecule is Cc1nn(Cc2ccccc2Cl)c2sc(C(=O)Nc3nc4c(C)cccc4s3)cc12. The Kier molecular flexibility index (Phi) is 4.81. The lowest BCUT2D eigenvalue weighted by molar-refractivity contribution is 0.103. The van der Waals surface area contributed by atoms with E-state index in [9.17, 15) is 4.79 Å². The van der Waals surface area contributed by atoms with E-state index in [1.807, 2.05) is 67.1 Å². The monoisotopic (exact) mass is 452 g/mol. The van der Waals surface area contributed by atoms with Crippen molar-refractivity contribution in [1.29, 1.82) is 0 Å². The topological polar surface area (TPSA) is 59.8 Å². The van der Waals surface area contributed by atoms with E-state index in [1.54, 1.807) is 0 Å². The maximum absolute atomic E-state index is 12.9. The highest BCUT2D eigenvalue weighted by molar-refractivity contribution is 7.23. The molecule has 0 atom stereocenters. The number of rotatable bonds is 4. The van der Waals surface area contributed by atoms with Crippen LogP contribution in [0.1, 0.15) is 26.5 Å². The van der Waals surface area contributed by atoms with Gasteiger partial charge in [-0.3, -0.25) is 14.8 Å². The summed E-state index contributed by atoms with van der Waals surface area (Å²) in [7, 11) is 0. The molecular formula is C22H17ClN4OS2. The van der Waals surface area contributed by atoms with Gasteiger partial charge in [0.05, 0.1) is 27.3 Å². The number of hydrogen-bond acceptors (Lipinski definition) is 5. The Morgan fingerprint density at radius 3 is 2.77 bits per heavy atom. The van der Waals surface area contributed by atoms with Crippen molar-refractivity contribution < 1.29 is 4.79 Å². The second-order valence-corrected chi connectivity index (χ2v) is 9.53. The molecule has 0 spiro atoms. The van der Waals surface area contributed by atoms with Crippen molar-refractivity contribution in [2.75, 3.05) is 5.32 Å². The minimum Gasteiger partial charge on any atom is -0.297 e. The van der Waals surface area contributed by atoms with E-state index in [-0.39, 0.29) is 5.91 Å². The smallest absolute Gasteiger partial charge is 0.267 e. The molecule has 1 amide bonds. The van der Waals surface area contributed by atoms with E-state index in [1.165, 1.54) is 22.7 Å². The molecule has 150 valence electrons. The zero-order chi connectivity index (χ0) is 20.8. The van der Waals surface area contributed by atoms with Crippen molar-refractivity contribution in [1.82, 2.24) is 14.8 Å². The van der Waals surface area contributed by atoms with Crippen LogP contribution in [0, 0.1) is 13.8 Å². The van der Waals surface area contributed by atoms with Crippen LogP contribution in [0.5, 0.6) is 0 Å². The number of aryl methyl sites for hydroxylation is 2. The lowest BCUT2D eigenvalue weighted by atomic mass is 10.2. The Morgan fingerprint density at radius 2 is 1.97 bits per heavy atom. The molecule has 0 radical (unpaired) electrons. The largest absolute Gasteiger partial charge is 0.297 e. The number of para-hydroxylation sites is 1. The van der Waals surface area contributed by atoms with Gasteiger partial charge < -0.3 is 0 Å². The zero-order valence-corrected chi connectivity index (χ0v) is 18.7. The number of fused-ring (bicyclic) bond motifs is 2. The molecular weight excluding hydrogens is 436 g/mol. The van der Waals surface area contributed by atoms with E-state index < -0.39 is 0 Å². The van der Waals surface area contributed by atoms with Gasteiger partial charge in [-0.15, -0.1) is 11.3 Å². The summed E-state index contributed by atoms with van der Waals surface area (Å²) < 4.78 is 2.97. The fraction of sp³-hybridized carbons (Fsp3) is 0.136. The van der Waals surface area contributed by atoms with Gasteiger partial charge in [0.15, 0.2) is 5.13 Å². The Balaban J connectivity index is 1.45. The second-order valence-electron chi connectivity index (χ2n) is 7.06. The Morgan fingerprint density at radius 1 is 1.13 bits per heavy atom. The summed E-state index contributed by atoms with van der Waals surface area (Å²) in [5.41, 5.74) is 3.91. The van der Waals surface area contributed by atoms with Crippen LogP contribution in [0.4, 0.5) is 5.13 Å². The number of aromatic nitrogens is 3. The van der Waals surface area contributed by atoms with Crippen molar-refractivity contribution >= 4 is 65.7 Å². The average molecular weight is 453 g/mol. The van der Waals surface area contributed by atoms with Crippen LogP contribution in [0.3, 0.4) is 0 Å². The van der Waals surface area contributed by atoms with E-state index >= 15 is 0 Å². The summed E-state index contributed by atoms with van der Waals surface area (Å²) in [4.78, 5) is 19.1. The van der Waals surface area contributed by atoms with Crippen LogP contribution in [-0.4, -0.2) is 20.7 Å². The molecule has 0 saturated heterocycles. The maximum Gasteiger partial charge on any atom is 0.267 e. The van der Waals surface area contributed by atoms with Gasteiger partial charge >= 0.3 is 0 Å². The second kappa shape index (κ2) is 7.50. The van der Waals surface area contributed by atoms with E-state index in [4.69, 9.17) is 11.6 Å². The fourth-order valence-corrected chi connectivity index (χ4v) is 5.61. The van der Waals surface area contributed by atoms with Crippen LogP contribution < -0.4 is 5.32 Å². The lowest BCUT2D eigenvalue weighted by Gasteiger charge is -2.05. The number of benzene rings is 2. The summed E-state index contributed by atoms with van der Waals surface area (Å²) in [6.45, 7) is 4.53. The first-order valence-electron chi connectivity index (χ1n) is 9.37. The third-order valence-electron chi connectivity index (χ3n) is 4.95. The third kappa shape index (κ3) is 3.39. The number of nitrogens with one attached hydrogen (secondary N) is 1. The molecule has 0 saturated carbocycles. The number of hydrogen-bond donors (Lipinski definition) is 1. The molecule has 5 rings (SSSR count). The number of carbonyl (C=O) groups is 1. The highest BCUT2D eigenvalue weighted by atomic mass is 35.5. The maximum atomic E-state index is 12.9. The average Bonchev–Trinajstić information content (AvgIpc) is 3.40. The molecule has 5 nitrogen and oxygen atoms in total. The Bertz CT molecular complexity index is 1420. The number of thiophene rings is 1. The Labute approximate surface area is 185 Å². The number of anilines is 1. The first-order valence-corrected chi connectivity index (χ1v) is 11.4. The minimum absolute atomic E-state index is 0.156. The predicted molar refractivity (Wildman–Crippen MR) is 125 cm³/mol. The van der Waals surface area contributed by atoms with Gasteiger partial charge in [-0.1, -0.05) is 53.3 Å². The number of carbonyl (C=O) groups excluding carboxylic acids is 1. The lowest BCUT2D eigenvalue weighted by Crippen LogP contribution is -2.09. The highest BCUT2D eigenvalue weighted by Gasteiger charge is 2.18. The summed E-state index contributed by atoms with van der Waals surface area (Å²) in [6, 6.07) is 15.7. The minimum atomic E-state index is -0.156. The molecule has 8 heteroatoms. The molecule has 0 aliphatic rings. The normalized spacial score (nSPS) is 11.4.